The standard InChI is InChI=1S/C16H18N4/c1-12-11-17-20-10-9-15(18-16(12)20)19(3)13(2)14-7-5-4-6-8-14/h4-11,13H,1-3H3/t13-/m1/s1. The van der Waals surface area contributed by atoms with E-state index in [0.29, 0.717) is 0 Å². The molecular weight excluding hydrogens is 248 g/mol. The van der Waals surface area contributed by atoms with E-state index < -0.39 is 0 Å². The third-order valence-corrected chi connectivity index (χ3v) is 3.76. The number of nitrogens with zero attached hydrogens (tertiary/aromatic N) is 4. The molecule has 0 saturated carbocycles. The second kappa shape index (κ2) is 4.96. The van der Waals surface area contributed by atoms with Gasteiger partial charge in [-0.25, -0.2) is 9.50 Å². The highest BCUT2D eigenvalue weighted by atomic mass is 15.3. The zero-order valence-electron chi connectivity index (χ0n) is 12.0. The van der Waals surface area contributed by atoms with Gasteiger partial charge >= 0.3 is 0 Å². The minimum atomic E-state index is 0.273. The molecule has 20 heavy (non-hydrogen) atoms. The second-order valence-electron chi connectivity index (χ2n) is 5.08. The average Bonchev–Trinajstić information content (AvgIpc) is 2.87. The molecular formula is C16H18N4. The lowest BCUT2D eigenvalue weighted by molar-refractivity contribution is 0.727. The van der Waals surface area contributed by atoms with Crippen molar-refractivity contribution < 1.29 is 0 Å². The number of hydrogen-bond donors (Lipinski definition) is 0. The van der Waals surface area contributed by atoms with Crippen LogP contribution in [0.15, 0.2) is 48.8 Å². The van der Waals surface area contributed by atoms with Crippen LogP contribution in [0, 0.1) is 6.92 Å². The molecule has 4 heteroatoms. The highest BCUT2D eigenvalue weighted by molar-refractivity contribution is 5.52. The van der Waals surface area contributed by atoms with Gasteiger partial charge in [0.25, 0.3) is 0 Å². The molecule has 0 N–H and O–H groups in total. The van der Waals surface area contributed by atoms with Crippen molar-refractivity contribution in [2.45, 2.75) is 19.9 Å². The highest BCUT2D eigenvalue weighted by Gasteiger charge is 2.14. The van der Waals surface area contributed by atoms with E-state index in [4.69, 9.17) is 4.98 Å². The fourth-order valence-electron chi connectivity index (χ4n) is 2.32. The summed E-state index contributed by atoms with van der Waals surface area (Å²) in [5.41, 5.74) is 3.28. The predicted molar refractivity (Wildman–Crippen MR) is 81.0 cm³/mol. The van der Waals surface area contributed by atoms with Crippen LogP contribution in [0.4, 0.5) is 5.82 Å². The quantitative estimate of drug-likeness (QED) is 0.729. The van der Waals surface area contributed by atoms with E-state index in [0.717, 1.165) is 17.0 Å². The topological polar surface area (TPSA) is 33.4 Å². The summed E-state index contributed by atoms with van der Waals surface area (Å²) in [4.78, 5) is 6.89. The van der Waals surface area contributed by atoms with Gasteiger partial charge in [0.15, 0.2) is 5.65 Å². The lowest BCUT2D eigenvalue weighted by Gasteiger charge is -2.26. The summed E-state index contributed by atoms with van der Waals surface area (Å²) in [6.45, 7) is 4.21. The van der Waals surface area contributed by atoms with E-state index in [1.807, 2.05) is 31.5 Å². The Bertz CT molecular complexity index is 718. The van der Waals surface area contributed by atoms with E-state index in [9.17, 15) is 0 Å². The molecule has 0 radical (unpaired) electrons. The molecule has 102 valence electrons. The third-order valence-electron chi connectivity index (χ3n) is 3.76. The maximum Gasteiger partial charge on any atom is 0.160 e. The molecule has 0 bridgehead atoms. The van der Waals surface area contributed by atoms with Gasteiger partial charge in [-0.2, -0.15) is 5.10 Å². The van der Waals surface area contributed by atoms with Gasteiger partial charge < -0.3 is 4.90 Å². The van der Waals surface area contributed by atoms with Crippen molar-refractivity contribution >= 4 is 11.5 Å². The van der Waals surface area contributed by atoms with Gasteiger partial charge in [0.05, 0.1) is 12.2 Å². The summed E-state index contributed by atoms with van der Waals surface area (Å²) in [5.74, 6) is 0.956. The fraction of sp³-hybridized carbons (Fsp3) is 0.250. The molecule has 0 fully saturated rings. The van der Waals surface area contributed by atoms with Crippen LogP contribution in [0.2, 0.25) is 0 Å². The molecule has 2 heterocycles. The van der Waals surface area contributed by atoms with Crippen LogP contribution in [0.25, 0.3) is 5.65 Å². The van der Waals surface area contributed by atoms with Crippen LogP contribution in [0.3, 0.4) is 0 Å². The first-order chi connectivity index (χ1) is 9.66. The van der Waals surface area contributed by atoms with Crippen molar-refractivity contribution in [3.05, 3.63) is 59.9 Å². The number of fused-ring (bicyclic) bond motifs is 1. The Balaban J connectivity index is 1.95. The molecule has 1 aromatic carbocycles. The lowest BCUT2D eigenvalue weighted by atomic mass is 10.1. The molecule has 1 atom stereocenters. The normalized spacial score (nSPS) is 12.6. The van der Waals surface area contributed by atoms with Gasteiger partial charge in [0.1, 0.15) is 5.82 Å². The Hall–Kier alpha value is -2.36. The fourth-order valence-corrected chi connectivity index (χ4v) is 2.32. The molecule has 0 aliphatic carbocycles. The number of hydrogen-bond acceptors (Lipinski definition) is 3. The second-order valence-corrected chi connectivity index (χ2v) is 5.08. The molecule has 0 aliphatic heterocycles. The summed E-state index contributed by atoms with van der Waals surface area (Å²) in [6.07, 6.45) is 3.80. The third kappa shape index (κ3) is 2.13. The first kappa shape index (κ1) is 12.7. The van der Waals surface area contributed by atoms with Crippen LogP contribution in [0.1, 0.15) is 24.1 Å². The van der Waals surface area contributed by atoms with Crippen molar-refractivity contribution in [3.63, 3.8) is 0 Å². The minimum absolute atomic E-state index is 0.273. The predicted octanol–water partition coefficient (Wildman–Crippen LogP) is 3.24. The van der Waals surface area contributed by atoms with Crippen molar-refractivity contribution in [3.8, 4) is 0 Å². The van der Waals surface area contributed by atoms with Crippen LogP contribution in [0.5, 0.6) is 0 Å². The monoisotopic (exact) mass is 266 g/mol. The first-order valence-electron chi connectivity index (χ1n) is 6.75. The van der Waals surface area contributed by atoms with Gasteiger partial charge in [-0.15, -0.1) is 0 Å². The highest BCUT2D eigenvalue weighted by Crippen LogP contribution is 2.24. The van der Waals surface area contributed by atoms with E-state index in [2.05, 4.69) is 48.2 Å². The SMILES string of the molecule is Cc1cnn2ccc(N(C)[C@H](C)c3ccccc3)nc12. The van der Waals surface area contributed by atoms with Crippen LogP contribution in [-0.2, 0) is 0 Å². The van der Waals surface area contributed by atoms with E-state index in [1.54, 1.807) is 4.52 Å². The van der Waals surface area contributed by atoms with Crippen molar-refractivity contribution in [2.24, 2.45) is 0 Å². The molecule has 3 rings (SSSR count). The number of anilines is 1. The lowest BCUT2D eigenvalue weighted by Crippen LogP contribution is -2.22. The van der Waals surface area contributed by atoms with Gasteiger partial charge in [-0.3, -0.25) is 0 Å². The molecule has 0 spiro atoms. The largest absolute Gasteiger partial charge is 0.353 e. The number of benzene rings is 1. The number of aromatic nitrogens is 3. The Kier molecular flexibility index (Phi) is 3.14. The first-order valence-corrected chi connectivity index (χ1v) is 6.75. The smallest absolute Gasteiger partial charge is 0.160 e. The minimum Gasteiger partial charge on any atom is -0.353 e. The zero-order chi connectivity index (χ0) is 14.1. The van der Waals surface area contributed by atoms with E-state index in [-0.39, 0.29) is 6.04 Å². The van der Waals surface area contributed by atoms with E-state index >= 15 is 0 Å². The average molecular weight is 266 g/mol. The van der Waals surface area contributed by atoms with Gasteiger partial charge in [0.2, 0.25) is 0 Å². The van der Waals surface area contributed by atoms with Crippen molar-refractivity contribution in [2.75, 3.05) is 11.9 Å². The molecule has 2 aromatic heterocycles. The summed E-state index contributed by atoms with van der Waals surface area (Å²) in [5, 5.41) is 4.26. The molecule has 0 amide bonds. The Labute approximate surface area is 118 Å². The Morgan fingerprint density at radius 1 is 1.15 bits per heavy atom. The maximum atomic E-state index is 4.71. The number of rotatable bonds is 3. The Morgan fingerprint density at radius 2 is 1.90 bits per heavy atom. The van der Waals surface area contributed by atoms with Crippen molar-refractivity contribution in [1.82, 2.24) is 14.6 Å². The van der Waals surface area contributed by atoms with Gasteiger partial charge in [-0.05, 0) is 25.5 Å². The summed E-state index contributed by atoms with van der Waals surface area (Å²) in [7, 11) is 2.07. The summed E-state index contributed by atoms with van der Waals surface area (Å²) < 4.78 is 1.81. The maximum absolute atomic E-state index is 4.71. The van der Waals surface area contributed by atoms with Gasteiger partial charge in [0, 0.05) is 18.8 Å². The molecule has 3 aromatic rings. The zero-order valence-corrected chi connectivity index (χ0v) is 12.0. The van der Waals surface area contributed by atoms with Crippen molar-refractivity contribution in [1.29, 1.82) is 0 Å². The Morgan fingerprint density at radius 3 is 2.65 bits per heavy atom. The van der Waals surface area contributed by atoms with Crippen LogP contribution < -0.4 is 4.90 Å². The van der Waals surface area contributed by atoms with Crippen LogP contribution in [-0.4, -0.2) is 21.6 Å². The summed E-state index contributed by atoms with van der Waals surface area (Å²) in [6, 6.07) is 12.7. The molecule has 0 saturated heterocycles. The molecule has 0 aliphatic rings. The van der Waals surface area contributed by atoms with Gasteiger partial charge in [-0.1, -0.05) is 30.3 Å². The summed E-state index contributed by atoms with van der Waals surface area (Å²) >= 11 is 0. The molecule has 0 unspecified atom stereocenters. The van der Waals surface area contributed by atoms with E-state index in [1.165, 1.54) is 5.56 Å². The number of aryl methyl sites for hydroxylation is 1. The van der Waals surface area contributed by atoms with Crippen LogP contribution >= 0.6 is 0 Å². The molecule has 4 nitrogen and oxygen atoms in total.